The lowest BCUT2D eigenvalue weighted by atomic mass is 10.3. The third kappa shape index (κ3) is 3.56. The minimum Gasteiger partial charge on any atom is -0.316 e. The highest BCUT2D eigenvalue weighted by atomic mass is 32.1. The lowest BCUT2D eigenvalue weighted by molar-refractivity contribution is -0.385. The molecule has 0 fully saturated rings. The molecule has 112 valence electrons. The van der Waals surface area contributed by atoms with Crippen molar-refractivity contribution >= 4 is 34.7 Å². The number of rotatable bonds is 3. The van der Waals surface area contributed by atoms with E-state index in [1.54, 1.807) is 12.1 Å². The summed E-state index contributed by atoms with van der Waals surface area (Å²) >= 11 is 4.99. The summed E-state index contributed by atoms with van der Waals surface area (Å²) in [5.41, 5.74) is -0.0311. The van der Waals surface area contributed by atoms with Crippen LogP contribution < -0.4 is 11.2 Å². The predicted octanol–water partition coefficient (Wildman–Crippen LogP) is 1.10. The van der Waals surface area contributed by atoms with Gasteiger partial charge in [-0.2, -0.15) is 0 Å². The minimum absolute atomic E-state index is 0.114. The van der Waals surface area contributed by atoms with Crippen molar-refractivity contribution < 1.29 is 9.72 Å². The molecule has 9 nitrogen and oxygen atoms in total. The Morgan fingerprint density at radius 3 is 2.64 bits per heavy atom. The van der Waals surface area contributed by atoms with Crippen LogP contribution in [0.3, 0.4) is 0 Å². The molecule has 0 bridgehead atoms. The molecule has 2 rings (SSSR count). The zero-order chi connectivity index (χ0) is 16.1. The molecule has 2 aromatic heterocycles. The van der Waals surface area contributed by atoms with Crippen LogP contribution in [-0.4, -0.2) is 30.9 Å². The van der Waals surface area contributed by atoms with Gasteiger partial charge in [0, 0.05) is 12.3 Å². The molecule has 1 amide bonds. The van der Waals surface area contributed by atoms with Crippen LogP contribution in [0.4, 0.5) is 11.5 Å². The molecule has 0 aliphatic heterocycles. The highest BCUT2D eigenvalue weighted by Gasteiger charge is 2.18. The molecular formula is C12H10N6O3S. The van der Waals surface area contributed by atoms with E-state index in [1.807, 2.05) is 0 Å². The van der Waals surface area contributed by atoms with E-state index in [0.29, 0.717) is 5.01 Å². The van der Waals surface area contributed by atoms with E-state index in [1.165, 1.54) is 24.4 Å². The Balaban J connectivity index is 2.05. The largest absolute Gasteiger partial charge is 0.316 e. The maximum absolute atomic E-state index is 12.0. The number of hydrogen-bond acceptors (Lipinski definition) is 7. The maximum atomic E-state index is 12.0. The first-order valence-electron chi connectivity index (χ1n) is 5.90. The lowest BCUT2D eigenvalue weighted by Gasteiger charge is -2.17. The van der Waals surface area contributed by atoms with Crippen molar-refractivity contribution in [2.75, 3.05) is 5.32 Å². The van der Waals surface area contributed by atoms with Crippen LogP contribution in [-0.2, 0) is 0 Å². The molecule has 0 aliphatic rings. The van der Waals surface area contributed by atoms with Crippen LogP contribution in [0, 0.1) is 10.1 Å². The van der Waals surface area contributed by atoms with Gasteiger partial charge in [0.05, 0.1) is 4.92 Å². The van der Waals surface area contributed by atoms with E-state index in [-0.39, 0.29) is 22.3 Å². The van der Waals surface area contributed by atoms with Gasteiger partial charge < -0.3 is 5.32 Å². The van der Waals surface area contributed by atoms with Crippen molar-refractivity contribution in [2.24, 2.45) is 5.84 Å². The molecule has 0 saturated heterocycles. The van der Waals surface area contributed by atoms with Crippen LogP contribution in [0.15, 0.2) is 42.7 Å². The van der Waals surface area contributed by atoms with Gasteiger partial charge in [-0.05, 0) is 30.4 Å². The average Bonchev–Trinajstić information content (AvgIpc) is 2.54. The normalized spacial score (nSPS) is 9.86. The van der Waals surface area contributed by atoms with Gasteiger partial charge in [-0.1, -0.05) is 6.07 Å². The van der Waals surface area contributed by atoms with E-state index in [9.17, 15) is 14.9 Å². The fourth-order valence-corrected chi connectivity index (χ4v) is 1.63. The molecule has 0 saturated carbocycles. The van der Waals surface area contributed by atoms with E-state index in [2.05, 4.69) is 15.3 Å². The van der Waals surface area contributed by atoms with Gasteiger partial charge >= 0.3 is 0 Å². The number of nitrogens with one attached hydrogen (secondary N) is 1. The molecule has 0 aliphatic carbocycles. The predicted molar refractivity (Wildman–Crippen MR) is 81.7 cm³/mol. The van der Waals surface area contributed by atoms with Crippen molar-refractivity contribution in [3.63, 3.8) is 0 Å². The number of carbonyl (C=O) groups excluding carboxylic acids is 1. The number of thiocarbonyl (C=S) groups is 1. The summed E-state index contributed by atoms with van der Waals surface area (Å²) in [5, 5.41) is 13.7. The second-order valence-corrected chi connectivity index (χ2v) is 4.37. The van der Waals surface area contributed by atoms with Gasteiger partial charge in [-0.15, -0.1) is 0 Å². The lowest BCUT2D eigenvalue weighted by Crippen LogP contribution is -2.45. The van der Waals surface area contributed by atoms with Gasteiger partial charge in [0.1, 0.15) is 17.7 Å². The molecule has 2 aromatic rings. The van der Waals surface area contributed by atoms with E-state index in [4.69, 9.17) is 18.1 Å². The number of nitrogens with zero attached hydrogens (tertiary/aromatic N) is 4. The summed E-state index contributed by atoms with van der Waals surface area (Å²) in [7, 11) is 0. The quantitative estimate of drug-likeness (QED) is 0.283. The molecule has 0 unspecified atom stereocenters. The Labute approximate surface area is 129 Å². The summed E-state index contributed by atoms with van der Waals surface area (Å²) in [5.74, 6) is 5.25. The smallest absolute Gasteiger partial charge is 0.292 e. The fraction of sp³-hybridized carbons (Fsp3) is 0. The molecule has 3 N–H and O–H groups in total. The third-order valence-corrected chi connectivity index (χ3v) is 2.81. The van der Waals surface area contributed by atoms with Crippen molar-refractivity contribution in [1.29, 1.82) is 0 Å². The molecule has 22 heavy (non-hydrogen) atoms. The number of pyridine rings is 2. The number of nitrogens with two attached hydrogens (primary N) is 1. The van der Waals surface area contributed by atoms with Crippen molar-refractivity contribution in [3.05, 3.63) is 58.5 Å². The number of amides is 1. The SMILES string of the molecule is NN(C(=O)c1ccccn1)C(=S)Nc1ccc([N+](=O)[O-])cn1. The monoisotopic (exact) mass is 318 g/mol. The van der Waals surface area contributed by atoms with Gasteiger partial charge in [-0.3, -0.25) is 19.9 Å². The molecule has 0 radical (unpaired) electrons. The maximum Gasteiger partial charge on any atom is 0.292 e. The zero-order valence-corrected chi connectivity index (χ0v) is 11.9. The number of hydrogen-bond donors (Lipinski definition) is 2. The summed E-state index contributed by atoms with van der Waals surface area (Å²) in [4.78, 5) is 29.7. The van der Waals surface area contributed by atoms with Gasteiger partial charge in [0.2, 0.25) is 0 Å². The van der Waals surface area contributed by atoms with Crippen molar-refractivity contribution in [3.8, 4) is 0 Å². The Hall–Kier alpha value is -2.98. The first-order valence-corrected chi connectivity index (χ1v) is 6.31. The Morgan fingerprint density at radius 1 is 1.32 bits per heavy atom. The molecular weight excluding hydrogens is 308 g/mol. The van der Waals surface area contributed by atoms with Gasteiger partial charge in [0.15, 0.2) is 5.11 Å². The van der Waals surface area contributed by atoms with Gasteiger partial charge in [-0.25, -0.2) is 15.8 Å². The zero-order valence-electron chi connectivity index (χ0n) is 11.0. The molecule has 2 heterocycles. The summed E-state index contributed by atoms with van der Waals surface area (Å²) in [6.07, 6.45) is 2.52. The number of anilines is 1. The highest BCUT2D eigenvalue weighted by Crippen LogP contribution is 2.12. The second-order valence-electron chi connectivity index (χ2n) is 3.98. The molecule has 0 atom stereocenters. The van der Waals surface area contributed by atoms with Crippen molar-refractivity contribution in [1.82, 2.24) is 15.0 Å². The number of hydrazine groups is 1. The fourth-order valence-electron chi connectivity index (χ4n) is 1.44. The standard InChI is InChI=1S/C12H10N6O3S/c13-17(11(19)9-3-1-2-6-14-9)12(22)16-10-5-4-8(7-15-10)18(20)21/h1-7H,13H2,(H,15,16,22). The summed E-state index contributed by atoms with van der Waals surface area (Å²) < 4.78 is 0. The first-order chi connectivity index (χ1) is 10.5. The highest BCUT2D eigenvalue weighted by molar-refractivity contribution is 7.80. The van der Waals surface area contributed by atoms with Crippen LogP contribution in [0.5, 0.6) is 0 Å². The summed E-state index contributed by atoms with van der Waals surface area (Å²) in [6, 6.07) is 7.40. The number of aromatic nitrogens is 2. The average molecular weight is 318 g/mol. The van der Waals surface area contributed by atoms with Crippen LogP contribution in [0.2, 0.25) is 0 Å². The van der Waals surface area contributed by atoms with Crippen LogP contribution in [0.1, 0.15) is 10.5 Å². The first kappa shape index (κ1) is 15.4. The van der Waals surface area contributed by atoms with Gasteiger partial charge in [0.25, 0.3) is 11.6 Å². The van der Waals surface area contributed by atoms with Crippen molar-refractivity contribution in [2.45, 2.75) is 0 Å². The van der Waals surface area contributed by atoms with E-state index in [0.717, 1.165) is 6.20 Å². The second kappa shape index (κ2) is 6.65. The molecule has 0 aromatic carbocycles. The summed E-state index contributed by atoms with van der Waals surface area (Å²) in [6.45, 7) is 0. The Morgan fingerprint density at radius 2 is 2.09 bits per heavy atom. The number of nitro groups is 1. The molecule has 0 spiro atoms. The molecule has 10 heteroatoms. The van der Waals surface area contributed by atoms with Crippen LogP contribution in [0.25, 0.3) is 0 Å². The Kier molecular flexibility index (Phi) is 4.66. The minimum atomic E-state index is -0.597. The Bertz CT molecular complexity index is 707. The van der Waals surface area contributed by atoms with E-state index < -0.39 is 10.8 Å². The topological polar surface area (TPSA) is 127 Å². The third-order valence-electron chi connectivity index (χ3n) is 2.52. The number of carbonyl (C=O) groups is 1. The van der Waals surface area contributed by atoms with E-state index >= 15 is 0 Å². The van der Waals surface area contributed by atoms with Crippen LogP contribution >= 0.6 is 12.2 Å².